The van der Waals surface area contributed by atoms with Gasteiger partial charge in [0.15, 0.2) is 6.29 Å². The fourth-order valence-electron chi connectivity index (χ4n) is 3.07. The van der Waals surface area contributed by atoms with E-state index in [1.165, 1.54) is 18.2 Å². The molecular weight excluding hydrogens is 401 g/mol. The van der Waals surface area contributed by atoms with Crippen LogP contribution in [0.2, 0.25) is 0 Å². The van der Waals surface area contributed by atoms with Crippen molar-refractivity contribution in [3.63, 3.8) is 0 Å². The Kier molecular flexibility index (Phi) is 6.23. The number of halogens is 3. The first-order valence-corrected chi connectivity index (χ1v) is 9.38. The van der Waals surface area contributed by atoms with Gasteiger partial charge in [-0.2, -0.15) is 5.10 Å². The first-order chi connectivity index (χ1) is 14.0. The van der Waals surface area contributed by atoms with Crippen molar-refractivity contribution >= 4 is 10.9 Å². The lowest BCUT2D eigenvalue weighted by Gasteiger charge is -2.16. The fraction of sp³-hybridized carbons (Fsp3) is 0.381. The second-order valence-electron chi connectivity index (χ2n) is 7.42. The molecule has 0 unspecified atom stereocenters. The third kappa shape index (κ3) is 5.22. The molecule has 0 bridgehead atoms. The number of nitrogens with zero attached hydrogens (tertiary/aromatic N) is 2. The molecule has 3 aromatic rings. The van der Waals surface area contributed by atoms with Crippen molar-refractivity contribution in [3.8, 4) is 11.5 Å². The van der Waals surface area contributed by atoms with Gasteiger partial charge in [0, 0.05) is 16.5 Å². The van der Waals surface area contributed by atoms with E-state index in [-0.39, 0.29) is 18.2 Å². The zero-order valence-corrected chi connectivity index (χ0v) is 16.8. The van der Waals surface area contributed by atoms with Crippen LogP contribution in [0.4, 0.5) is 13.2 Å². The molecule has 0 radical (unpaired) electrons. The zero-order valence-electron chi connectivity index (χ0n) is 16.8. The average molecular weight is 424 g/mol. The van der Waals surface area contributed by atoms with Crippen LogP contribution in [0, 0.1) is 12.8 Å². The highest BCUT2D eigenvalue weighted by molar-refractivity contribution is 5.82. The molecule has 0 amide bonds. The van der Waals surface area contributed by atoms with E-state index < -0.39 is 12.7 Å². The molecule has 2 N–H and O–H groups in total. The van der Waals surface area contributed by atoms with Gasteiger partial charge in [-0.3, -0.25) is 4.68 Å². The number of hydrogen-bond donors (Lipinski definition) is 2. The van der Waals surface area contributed by atoms with Crippen LogP contribution in [0.25, 0.3) is 10.9 Å². The Morgan fingerprint density at radius 2 is 1.83 bits per heavy atom. The molecule has 162 valence electrons. The van der Waals surface area contributed by atoms with Gasteiger partial charge in [-0.05, 0) is 43.2 Å². The molecule has 3 rings (SSSR count). The second kappa shape index (κ2) is 8.53. The van der Waals surface area contributed by atoms with Gasteiger partial charge < -0.3 is 19.7 Å². The summed E-state index contributed by atoms with van der Waals surface area (Å²) in [5.41, 5.74) is 2.16. The van der Waals surface area contributed by atoms with Gasteiger partial charge in [-0.25, -0.2) is 0 Å². The standard InChI is InChI=1S/C21H23F3N2O4/c1-12(2)11-29-19-7-5-16(30-21(22,23)24)8-15(19)10-26-18-6-4-14(20(27)28)9-17(18)13(3)25-26/h4-9,12,20,27-28H,10-11H2,1-3H3. The molecule has 0 spiro atoms. The number of fused-ring (bicyclic) bond motifs is 1. The first kappa shape index (κ1) is 21.9. The minimum atomic E-state index is -4.80. The quantitative estimate of drug-likeness (QED) is 0.553. The highest BCUT2D eigenvalue weighted by Crippen LogP contribution is 2.31. The summed E-state index contributed by atoms with van der Waals surface area (Å²) < 4.78 is 49.4. The Morgan fingerprint density at radius 1 is 1.10 bits per heavy atom. The van der Waals surface area contributed by atoms with Crippen LogP contribution in [0.1, 0.15) is 37.0 Å². The summed E-state index contributed by atoms with van der Waals surface area (Å²) in [6.45, 7) is 6.26. The molecule has 0 aliphatic heterocycles. The number of rotatable bonds is 7. The average Bonchev–Trinajstić information content (AvgIpc) is 2.95. The maximum atomic E-state index is 12.7. The molecule has 2 aromatic carbocycles. The van der Waals surface area contributed by atoms with E-state index in [9.17, 15) is 23.4 Å². The van der Waals surface area contributed by atoms with Crippen LogP contribution in [0.5, 0.6) is 11.5 Å². The van der Waals surface area contributed by atoms with Crippen LogP contribution >= 0.6 is 0 Å². The molecule has 0 aliphatic carbocycles. The lowest BCUT2D eigenvalue weighted by Crippen LogP contribution is -2.17. The molecule has 1 heterocycles. The Bertz CT molecular complexity index is 1030. The molecule has 30 heavy (non-hydrogen) atoms. The topological polar surface area (TPSA) is 76.7 Å². The molecular formula is C21H23F3N2O4. The van der Waals surface area contributed by atoms with E-state index >= 15 is 0 Å². The van der Waals surface area contributed by atoms with Crippen LogP contribution in [-0.4, -0.2) is 33.0 Å². The van der Waals surface area contributed by atoms with E-state index in [0.29, 0.717) is 40.1 Å². The molecule has 0 saturated heterocycles. The Labute approximate surface area is 171 Å². The van der Waals surface area contributed by atoms with Crippen molar-refractivity contribution in [2.24, 2.45) is 5.92 Å². The second-order valence-corrected chi connectivity index (χ2v) is 7.42. The number of alkyl halides is 3. The number of aryl methyl sites for hydroxylation is 1. The molecule has 0 aliphatic rings. The third-order valence-electron chi connectivity index (χ3n) is 4.42. The van der Waals surface area contributed by atoms with Gasteiger partial charge in [0.2, 0.25) is 0 Å². The number of hydrogen-bond acceptors (Lipinski definition) is 5. The van der Waals surface area contributed by atoms with Crippen molar-refractivity contribution in [2.75, 3.05) is 6.61 Å². The summed E-state index contributed by atoms with van der Waals surface area (Å²) in [4.78, 5) is 0. The predicted molar refractivity (Wildman–Crippen MR) is 104 cm³/mol. The lowest BCUT2D eigenvalue weighted by atomic mass is 10.1. The molecule has 0 saturated carbocycles. The molecule has 9 heteroatoms. The van der Waals surface area contributed by atoms with Crippen molar-refractivity contribution in [1.82, 2.24) is 9.78 Å². The number of aliphatic hydroxyl groups is 2. The maximum Gasteiger partial charge on any atom is 0.573 e. The smallest absolute Gasteiger partial charge is 0.493 e. The molecule has 6 nitrogen and oxygen atoms in total. The summed E-state index contributed by atoms with van der Waals surface area (Å²) in [7, 11) is 0. The molecule has 0 fully saturated rings. The number of benzene rings is 2. The highest BCUT2D eigenvalue weighted by atomic mass is 19.4. The number of ether oxygens (including phenoxy) is 2. The SMILES string of the molecule is Cc1nn(Cc2cc(OC(F)(F)F)ccc2OCC(C)C)c2ccc(C(O)O)cc12. The van der Waals surface area contributed by atoms with Gasteiger partial charge in [-0.1, -0.05) is 19.9 Å². The third-order valence-corrected chi connectivity index (χ3v) is 4.42. The van der Waals surface area contributed by atoms with Gasteiger partial charge in [0.1, 0.15) is 11.5 Å². The lowest BCUT2D eigenvalue weighted by molar-refractivity contribution is -0.274. The highest BCUT2D eigenvalue weighted by Gasteiger charge is 2.31. The maximum absolute atomic E-state index is 12.7. The summed E-state index contributed by atoms with van der Waals surface area (Å²) >= 11 is 0. The summed E-state index contributed by atoms with van der Waals surface area (Å²) in [6.07, 6.45) is -6.40. The monoisotopic (exact) mass is 424 g/mol. The van der Waals surface area contributed by atoms with E-state index in [1.807, 2.05) is 13.8 Å². The van der Waals surface area contributed by atoms with Gasteiger partial charge in [0.25, 0.3) is 0 Å². The van der Waals surface area contributed by atoms with Crippen LogP contribution in [-0.2, 0) is 6.54 Å². The van der Waals surface area contributed by atoms with Crippen LogP contribution in [0.3, 0.4) is 0 Å². The summed E-state index contributed by atoms with van der Waals surface area (Å²) in [5.74, 6) is 0.343. The minimum Gasteiger partial charge on any atom is -0.493 e. The molecule has 1 aromatic heterocycles. The number of aromatic nitrogens is 2. The van der Waals surface area contributed by atoms with Crippen molar-refractivity contribution in [2.45, 2.75) is 40.0 Å². The predicted octanol–water partition coefficient (Wildman–Crippen LogP) is 4.31. The van der Waals surface area contributed by atoms with E-state index in [1.54, 1.807) is 29.8 Å². The number of aliphatic hydroxyl groups excluding tert-OH is 1. The zero-order chi connectivity index (χ0) is 22.1. The minimum absolute atomic E-state index is 0.147. The van der Waals surface area contributed by atoms with Crippen LogP contribution < -0.4 is 9.47 Å². The van der Waals surface area contributed by atoms with Crippen molar-refractivity contribution < 1.29 is 32.9 Å². The fourth-order valence-corrected chi connectivity index (χ4v) is 3.07. The van der Waals surface area contributed by atoms with E-state index in [2.05, 4.69) is 9.84 Å². The van der Waals surface area contributed by atoms with Crippen molar-refractivity contribution in [1.29, 1.82) is 0 Å². The molecule has 0 atom stereocenters. The van der Waals surface area contributed by atoms with Crippen LogP contribution in [0.15, 0.2) is 36.4 Å². The summed E-state index contributed by atoms with van der Waals surface area (Å²) in [6, 6.07) is 8.83. The summed E-state index contributed by atoms with van der Waals surface area (Å²) in [5, 5.41) is 23.9. The van der Waals surface area contributed by atoms with E-state index in [4.69, 9.17) is 4.74 Å². The Balaban J connectivity index is 1.99. The Hall–Kier alpha value is -2.78. The van der Waals surface area contributed by atoms with Gasteiger partial charge in [-0.15, -0.1) is 13.2 Å². The Morgan fingerprint density at radius 3 is 2.47 bits per heavy atom. The first-order valence-electron chi connectivity index (χ1n) is 9.38. The van der Waals surface area contributed by atoms with Gasteiger partial charge in [0.05, 0.1) is 24.4 Å². The normalized spacial score (nSPS) is 12.2. The van der Waals surface area contributed by atoms with E-state index in [0.717, 1.165) is 0 Å². The van der Waals surface area contributed by atoms with Crippen molar-refractivity contribution in [3.05, 3.63) is 53.2 Å². The van der Waals surface area contributed by atoms with Gasteiger partial charge >= 0.3 is 6.36 Å². The largest absolute Gasteiger partial charge is 0.573 e.